The van der Waals surface area contributed by atoms with E-state index in [-0.39, 0.29) is 12.4 Å². The van der Waals surface area contributed by atoms with Gasteiger partial charge in [-0.2, -0.15) is 13.2 Å². The lowest BCUT2D eigenvalue weighted by Gasteiger charge is -2.18. The van der Waals surface area contributed by atoms with Gasteiger partial charge in [0.15, 0.2) is 0 Å². The second-order valence-electron chi connectivity index (χ2n) is 3.94. The lowest BCUT2D eigenvalue weighted by atomic mass is 10.2. The van der Waals surface area contributed by atoms with E-state index in [1.165, 1.54) is 25.3 Å². The van der Waals surface area contributed by atoms with E-state index in [2.05, 4.69) is 10.1 Å². The Labute approximate surface area is 114 Å². The Morgan fingerprint density at radius 3 is 2.55 bits per heavy atom. The summed E-state index contributed by atoms with van der Waals surface area (Å²) in [6.45, 7) is 1.98. The van der Waals surface area contributed by atoms with Crippen molar-refractivity contribution >= 4 is 5.97 Å². The number of carbonyl (C=O) groups is 1. The van der Waals surface area contributed by atoms with Crippen molar-refractivity contribution < 1.29 is 27.4 Å². The van der Waals surface area contributed by atoms with Crippen LogP contribution in [0.25, 0.3) is 0 Å². The molecule has 0 heterocycles. The SMILES string of the molecule is CCNC(COc1ccccc1C(F)(F)F)C(=O)OC. The van der Waals surface area contributed by atoms with Crippen molar-refractivity contribution in [3.63, 3.8) is 0 Å². The number of ether oxygens (including phenoxy) is 2. The maximum absolute atomic E-state index is 12.8. The summed E-state index contributed by atoms with van der Waals surface area (Å²) in [5.74, 6) is -0.900. The molecule has 0 aromatic heterocycles. The molecule has 1 aromatic carbocycles. The number of benzene rings is 1. The van der Waals surface area contributed by atoms with Gasteiger partial charge >= 0.3 is 12.1 Å². The fourth-order valence-corrected chi connectivity index (χ4v) is 1.60. The molecular weight excluding hydrogens is 275 g/mol. The number of nitrogens with one attached hydrogen (secondary N) is 1. The van der Waals surface area contributed by atoms with E-state index in [4.69, 9.17) is 4.74 Å². The van der Waals surface area contributed by atoms with Crippen LogP contribution in [0.3, 0.4) is 0 Å². The minimum absolute atomic E-state index is 0.242. The molecule has 0 aliphatic carbocycles. The molecule has 4 nitrogen and oxygen atoms in total. The first-order valence-electron chi connectivity index (χ1n) is 6.00. The largest absolute Gasteiger partial charge is 0.491 e. The van der Waals surface area contributed by atoms with E-state index in [1.807, 2.05) is 0 Å². The van der Waals surface area contributed by atoms with Gasteiger partial charge in [-0.15, -0.1) is 0 Å². The summed E-state index contributed by atoms with van der Waals surface area (Å²) in [6.07, 6.45) is -4.50. The number of esters is 1. The number of rotatable bonds is 6. The van der Waals surface area contributed by atoms with Crippen molar-refractivity contribution in [3.8, 4) is 5.75 Å². The number of carbonyl (C=O) groups excluding carboxylic acids is 1. The Morgan fingerprint density at radius 2 is 2.00 bits per heavy atom. The third kappa shape index (κ3) is 4.41. The average Bonchev–Trinajstić information content (AvgIpc) is 2.42. The van der Waals surface area contributed by atoms with E-state index in [0.717, 1.165) is 6.07 Å². The van der Waals surface area contributed by atoms with Gasteiger partial charge < -0.3 is 14.8 Å². The number of halogens is 3. The Kier molecular flexibility index (Phi) is 5.82. The van der Waals surface area contributed by atoms with Gasteiger partial charge in [0.1, 0.15) is 18.4 Å². The monoisotopic (exact) mass is 291 g/mol. The van der Waals surface area contributed by atoms with Gasteiger partial charge in [0, 0.05) is 0 Å². The van der Waals surface area contributed by atoms with E-state index in [9.17, 15) is 18.0 Å². The van der Waals surface area contributed by atoms with Gasteiger partial charge in [0.2, 0.25) is 0 Å². The van der Waals surface area contributed by atoms with Gasteiger partial charge in [0.05, 0.1) is 12.7 Å². The van der Waals surface area contributed by atoms with Crippen molar-refractivity contribution in [1.82, 2.24) is 5.32 Å². The van der Waals surface area contributed by atoms with Crippen molar-refractivity contribution in [1.29, 1.82) is 0 Å². The number of hydrogen-bond donors (Lipinski definition) is 1. The first kappa shape index (κ1) is 16.3. The highest BCUT2D eigenvalue weighted by Gasteiger charge is 2.34. The van der Waals surface area contributed by atoms with Crippen molar-refractivity contribution in [2.75, 3.05) is 20.3 Å². The normalized spacial score (nSPS) is 12.8. The summed E-state index contributed by atoms with van der Waals surface area (Å²) in [7, 11) is 1.20. The Balaban J connectivity index is 2.80. The molecule has 0 fully saturated rings. The van der Waals surface area contributed by atoms with Crippen LogP contribution in [0, 0.1) is 0 Å². The van der Waals surface area contributed by atoms with Crippen LogP contribution in [-0.4, -0.2) is 32.3 Å². The van der Waals surface area contributed by atoms with Gasteiger partial charge in [-0.05, 0) is 18.7 Å². The summed E-state index contributed by atoms with van der Waals surface area (Å²) in [6, 6.07) is 4.04. The Hall–Kier alpha value is -1.76. The van der Waals surface area contributed by atoms with E-state index < -0.39 is 23.8 Å². The first-order valence-corrected chi connectivity index (χ1v) is 6.00. The van der Waals surface area contributed by atoms with Gasteiger partial charge in [0.25, 0.3) is 0 Å². The summed E-state index contributed by atoms with van der Waals surface area (Å²) in [5, 5.41) is 2.78. The highest BCUT2D eigenvalue weighted by atomic mass is 19.4. The highest BCUT2D eigenvalue weighted by Crippen LogP contribution is 2.35. The van der Waals surface area contributed by atoms with Crippen molar-refractivity contribution in [2.24, 2.45) is 0 Å². The molecule has 0 radical (unpaired) electrons. The van der Waals surface area contributed by atoms with Crippen molar-refractivity contribution in [3.05, 3.63) is 29.8 Å². The van der Waals surface area contributed by atoms with Crippen LogP contribution < -0.4 is 10.1 Å². The molecule has 1 N–H and O–H groups in total. The lowest BCUT2D eigenvalue weighted by Crippen LogP contribution is -2.42. The molecule has 20 heavy (non-hydrogen) atoms. The second kappa shape index (κ2) is 7.14. The molecule has 0 aliphatic rings. The highest BCUT2D eigenvalue weighted by molar-refractivity contribution is 5.75. The smallest absolute Gasteiger partial charge is 0.419 e. The molecule has 0 saturated heterocycles. The number of hydrogen-bond acceptors (Lipinski definition) is 4. The molecule has 1 aromatic rings. The minimum Gasteiger partial charge on any atom is -0.491 e. The minimum atomic E-state index is -4.50. The van der Waals surface area contributed by atoms with Crippen LogP contribution in [0.4, 0.5) is 13.2 Å². The van der Waals surface area contributed by atoms with Crippen molar-refractivity contribution in [2.45, 2.75) is 19.1 Å². The van der Waals surface area contributed by atoms with Crippen LogP contribution in [-0.2, 0) is 15.7 Å². The van der Waals surface area contributed by atoms with E-state index in [0.29, 0.717) is 6.54 Å². The topological polar surface area (TPSA) is 47.6 Å². The Morgan fingerprint density at radius 1 is 1.35 bits per heavy atom. The third-order valence-corrected chi connectivity index (χ3v) is 2.53. The van der Waals surface area contributed by atoms with Crippen LogP contribution in [0.1, 0.15) is 12.5 Å². The fourth-order valence-electron chi connectivity index (χ4n) is 1.60. The maximum atomic E-state index is 12.8. The summed E-state index contributed by atoms with van der Waals surface area (Å²) >= 11 is 0. The molecule has 1 atom stereocenters. The Bertz CT molecular complexity index is 449. The standard InChI is InChI=1S/C13H16F3NO3/c1-3-17-10(12(18)19-2)8-20-11-7-5-4-6-9(11)13(14,15)16/h4-7,10,17H,3,8H2,1-2H3. The summed E-state index contributed by atoms with van der Waals surface area (Å²) in [4.78, 5) is 11.4. The van der Waals surface area contributed by atoms with Crippen LogP contribution in [0.15, 0.2) is 24.3 Å². The first-order chi connectivity index (χ1) is 9.40. The number of para-hydroxylation sites is 1. The second-order valence-corrected chi connectivity index (χ2v) is 3.94. The van der Waals surface area contributed by atoms with E-state index in [1.54, 1.807) is 6.92 Å². The predicted molar refractivity (Wildman–Crippen MR) is 66.4 cm³/mol. The molecule has 0 aliphatic heterocycles. The summed E-state index contributed by atoms with van der Waals surface area (Å²) in [5.41, 5.74) is -0.875. The number of methoxy groups -OCH3 is 1. The molecule has 0 saturated carbocycles. The van der Waals surface area contributed by atoms with E-state index >= 15 is 0 Å². The average molecular weight is 291 g/mol. The summed E-state index contributed by atoms with van der Waals surface area (Å²) < 4.78 is 47.9. The van der Waals surface area contributed by atoms with Gasteiger partial charge in [-0.3, -0.25) is 4.79 Å². The quantitative estimate of drug-likeness (QED) is 0.817. The molecule has 0 bridgehead atoms. The third-order valence-electron chi connectivity index (χ3n) is 2.53. The zero-order valence-corrected chi connectivity index (χ0v) is 11.2. The fraction of sp³-hybridized carbons (Fsp3) is 0.462. The predicted octanol–water partition coefficient (Wildman–Crippen LogP) is 2.24. The molecular formula is C13H16F3NO3. The molecule has 0 spiro atoms. The molecule has 0 amide bonds. The molecule has 1 unspecified atom stereocenters. The maximum Gasteiger partial charge on any atom is 0.419 e. The lowest BCUT2D eigenvalue weighted by molar-refractivity contribution is -0.144. The zero-order chi connectivity index (χ0) is 15.2. The van der Waals surface area contributed by atoms with Gasteiger partial charge in [-0.1, -0.05) is 19.1 Å². The zero-order valence-electron chi connectivity index (χ0n) is 11.2. The molecule has 7 heteroatoms. The molecule has 112 valence electrons. The van der Waals surface area contributed by atoms with Crippen LogP contribution in [0.5, 0.6) is 5.75 Å². The number of likely N-dealkylation sites (N-methyl/N-ethyl adjacent to an activating group) is 1. The van der Waals surface area contributed by atoms with Gasteiger partial charge in [-0.25, -0.2) is 0 Å². The number of alkyl halides is 3. The van der Waals surface area contributed by atoms with Crippen LogP contribution >= 0.6 is 0 Å². The van der Waals surface area contributed by atoms with Crippen LogP contribution in [0.2, 0.25) is 0 Å². The molecule has 1 rings (SSSR count).